The van der Waals surface area contributed by atoms with E-state index in [0.717, 1.165) is 43.7 Å². The van der Waals surface area contributed by atoms with E-state index in [1.807, 2.05) is 31.1 Å². The number of hydrogen-bond acceptors (Lipinski definition) is 4. The van der Waals surface area contributed by atoms with Gasteiger partial charge in [0.25, 0.3) is 0 Å². The van der Waals surface area contributed by atoms with E-state index in [4.69, 9.17) is 0 Å². The van der Waals surface area contributed by atoms with Gasteiger partial charge in [-0.1, -0.05) is 30.3 Å². The van der Waals surface area contributed by atoms with Gasteiger partial charge in [0.05, 0.1) is 12.1 Å². The Labute approximate surface area is 205 Å². The number of carbonyl (C=O) groups is 1. The van der Waals surface area contributed by atoms with E-state index < -0.39 is 11.7 Å². The highest BCUT2D eigenvalue weighted by Crippen LogP contribution is 2.34. The molecule has 8 heteroatoms. The Bertz CT molecular complexity index is 1020. The van der Waals surface area contributed by atoms with Crippen molar-refractivity contribution in [2.75, 3.05) is 52.1 Å². The van der Waals surface area contributed by atoms with Gasteiger partial charge >= 0.3 is 6.18 Å². The number of rotatable bonds is 10. The largest absolute Gasteiger partial charge is 0.416 e. The molecule has 2 aromatic carbocycles. The number of fused-ring (bicyclic) bond motifs is 1. The summed E-state index contributed by atoms with van der Waals surface area (Å²) in [5.41, 5.74) is 2.90. The molecule has 0 radical (unpaired) electrons. The molecule has 5 nitrogen and oxygen atoms in total. The second-order valence-corrected chi connectivity index (χ2v) is 10.00. The molecule has 4 rings (SSSR count). The Hall–Kier alpha value is -2.58. The lowest BCUT2D eigenvalue weighted by Crippen LogP contribution is -2.40. The van der Waals surface area contributed by atoms with Crippen LogP contribution in [0.15, 0.2) is 42.5 Å². The molecule has 1 aliphatic carbocycles. The van der Waals surface area contributed by atoms with Gasteiger partial charge in [-0.15, -0.1) is 0 Å². The van der Waals surface area contributed by atoms with E-state index in [1.165, 1.54) is 41.0 Å². The number of nitrogens with one attached hydrogen (secondary N) is 1. The molecule has 0 atom stereocenters. The fourth-order valence-corrected chi connectivity index (χ4v) is 4.66. The maximum atomic E-state index is 13.5. The van der Waals surface area contributed by atoms with E-state index >= 15 is 0 Å². The normalized spacial score (nSPS) is 16.3. The zero-order chi connectivity index (χ0) is 25.0. The molecule has 1 aliphatic heterocycles. The number of anilines is 1. The number of likely N-dealkylation sites (N-methyl/N-ethyl adjacent to an activating group) is 1. The van der Waals surface area contributed by atoms with Crippen LogP contribution in [0, 0.1) is 5.92 Å². The quantitative estimate of drug-likeness (QED) is 0.536. The molecule has 1 heterocycles. The first kappa shape index (κ1) is 25.5. The van der Waals surface area contributed by atoms with Crippen LogP contribution < -0.4 is 5.32 Å². The van der Waals surface area contributed by atoms with Crippen LogP contribution in [0.3, 0.4) is 0 Å². The number of hydrogen-bond donors (Lipinski definition) is 1. The zero-order valence-electron chi connectivity index (χ0n) is 20.6. The Kier molecular flexibility index (Phi) is 8.02. The Morgan fingerprint density at radius 1 is 1.09 bits per heavy atom. The van der Waals surface area contributed by atoms with Crippen LogP contribution in [0.25, 0.3) is 0 Å². The summed E-state index contributed by atoms with van der Waals surface area (Å²) < 4.78 is 40.6. The van der Waals surface area contributed by atoms with Gasteiger partial charge in [-0.25, -0.2) is 0 Å². The molecule has 1 amide bonds. The lowest BCUT2D eigenvalue weighted by Gasteiger charge is -2.31. The summed E-state index contributed by atoms with van der Waals surface area (Å²) in [6, 6.07) is 11.6. The van der Waals surface area contributed by atoms with E-state index in [1.54, 1.807) is 6.07 Å². The van der Waals surface area contributed by atoms with Crippen molar-refractivity contribution in [3.8, 4) is 0 Å². The molecule has 0 aromatic heterocycles. The number of amides is 1. The number of benzene rings is 2. The van der Waals surface area contributed by atoms with Crippen molar-refractivity contribution in [3.05, 3.63) is 64.7 Å². The van der Waals surface area contributed by atoms with Crippen molar-refractivity contribution in [1.29, 1.82) is 0 Å². The minimum atomic E-state index is -4.46. The molecule has 2 aliphatic rings. The van der Waals surface area contributed by atoms with Crippen LogP contribution in [0.4, 0.5) is 18.9 Å². The lowest BCUT2D eigenvalue weighted by atomic mass is 9.97. The van der Waals surface area contributed by atoms with Crippen LogP contribution >= 0.6 is 0 Å². The topological polar surface area (TPSA) is 38.8 Å². The summed E-state index contributed by atoms with van der Waals surface area (Å²) in [4.78, 5) is 19.2. The van der Waals surface area contributed by atoms with Crippen molar-refractivity contribution in [2.24, 2.45) is 5.92 Å². The summed E-state index contributed by atoms with van der Waals surface area (Å²) >= 11 is 0. The van der Waals surface area contributed by atoms with Crippen molar-refractivity contribution < 1.29 is 18.0 Å². The smallest absolute Gasteiger partial charge is 0.376 e. The third-order valence-electron chi connectivity index (χ3n) is 6.85. The predicted molar refractivity (Wildman–Crippen MR) is 132 cm³/mol. The molecule has 35 heavy (non-hydrogen) atoms. The zero-order valence-corrected chi connectivity index (χ0v) is 20.6. The molecule has 1 N–H and O–H groups in total. The average Bonchev–Trinajstić information content (AvgIpc) is 3.63. The van der Waals surface area contributed by atoms with Crippen LogP contribution in [0.1, 0.15) is 35.1 Å². The first-order valence-corrected chi connectivity index (χ1v) is 12.4. The number of carbonyl (C=O) groups excluding carboxylic acids is 1. The van der Waals surface area contributed by atoms with Crippen LogP contribution in [0.2, 0.25) is 0 Å². The molecule has 1 fully saturated rings. The highest BCUT2D eigenvalue weighted by atomic mass is 19.4. The molecule has 2 aromatic rings. The van der Waals surface area contributed by atoms with Crippen LogP contribution in [0.5, 0.6) is 0 Å². The van der Waals surface area contributed by atoms with Gasteiger partial charge in [-0.3, -0.25) is 9.69 Å². The van der Waals surface area contributed by atoms with Gasteiger partial charge in [0.15, 0.2) is 0 Å². The van der Waals surface area contributed by atoms with E-state index in [2.05, 4.69) is 16.3 Å². The summed E-state index contributed by atoms with van der Waals surface area (Å²) in [5, 5.41) is 3.31. The summed E-state index contributed by atoms with van der Waals surface area (Å²) in [7, 11) is 3.77. The second-order valence-electron chi connectivity index (χ2n) is 10.00. The van der Waals surface area contributed by atoms with E-state index in [-0.39, 0.29) is 24.6 Å². The van der Waals surface area contributed by atoms with Gasteiger partial charge in [0.1, 0.15) is 0 Å². The Balaban J connectivity index is 1.46. The maximum absolute atomic E-state index is 13.5. The highest BCUT2D eigenvalue weighted by molar-refractivity contribution is 5.81. The molecule has 0 unspecified atom stereocenters. The molecule has 190 valence electrons. The van der Waals surface area contributed by atoms with Gasteiger partial charge in [-0.2, -0.15) is 13.2 Å². The number of halogens is 3. The summed E-state index contributed by atoms with van der Waals surface area (Å²) in [5.74, 6) is 0.607. The molecule has 1 saturated carbocycles. The fraction of sp³-hybridized carbons (Fsp3) is 0.519. The standard InChI is InChI=1S/C27H35F3N4O/c1-32(2)14-15-34(18-22-6-3-4-8-24(22)27(28,29)30)26(35)16-31-25-9-5-7-21-12-13-33(19-23(21)25)17-20-10-11-20/h3-9,20,31H,10-19H2,1-2H3. The van der Waals surface area contributed by atoms with Crippen LogP contribution in [-0.2, 0) is 30.5 Å². The Morgan fingerprint density at radius 3 is 2.57 bits per heavy atom. The number of nitrogens with zero attached hydrogens (tertiary/aromatic N) is 3. The van der Waals surface area contributed by atoms with Gasteiger partial charge < -0.3 is 15.1 Å². The first-order chi connectivity index (χ1) is 16.7. The minimum Gasteiger partial charge on any atom is -0.376 e. The highest BCUT2D eigenvalue weighted by Gasteiger charge is 2.33. The van der Waals surface area contributed by atoms with Gasteiger partial charge in [-0.05, 0) is 68.1 Å². The molecular formula is C27H35F3N4O. The molecule has 0 bridgehead atoms. The SMILES string of the molecule is CN(C)CCN(Cc1ccccc1C(F)(F)F)C(=O)CNc1cccc2c1CN(CC1CC1)CC2. The molecule has 0 spiro atoms. The van der Waals surface area contributed by atoms with Crippen molar-refractivity contribution in [1.82, 2.24) is 14.7 Å². The first-order valence-electron chi connectivity index (χ1n) is 12.4. The minimum absolute atomic E-state index is 0.0424. The lowest BCUT2D eigenvalue weighted by molar-refractivity contribution is -0.139. The molecule has 0 saturated heterocycles. The third-order valence-corrected chi connectivity index (χ3v) is 6.85. The fourth-order valence-electron chi connectivity index (χ4n) is 4.66. The van der Waals surface area contributed by atoms with Gasteiger partial charge in [0, 0.05) is 45.0 Å². The van der Waals surface area contributed by atoms with Crippen LogP contribution in [-0.4, -0.2) is 67.4 Å². The van der Waals surface area contributed by atoms with Gasteiger partial charge in [0.2, 0.25) is 5.91 Å². The maximum Gasteiger partial charge on any atom is 0.416 e. The second kappa shape index (κ2) is 11.0. The monoisotopic (exact) mass is 488 g/mol. The Morgan fingerprint density at radius 2 is 1.86 bits per heavy atom. The van der Waals surface area contributed by atoms with E-state index in [0.29, 0.717) is 13.1 Å². The summed E-state index contributed by atoms with van der Waals surface area (Å²) in [6.45, 7) is 3.93. The van der Waals surface area contributed by atoms with Crippen molar-refractivity contribution in [2.45, 2.75) is 38.5 Å². The van der Waals surface area contributed by atoms with E-state index in [9.17, 15) is 18.0 Å². The predicted octanol–water partition coefficient (Wildman–Crippen LogP) is 4.48. The third kappa shape index (κ3) is 6.98. The van der Waals surface area contributed by atoms with Crippen molar-refractivity contribution >= 4 is 11.6 Å². The average molecular weight is 489 g/mol. The molecular weight excluding hydrogens is 453 g/mol. The summed E-state index contributed by atoms with van der Waals surface area (Å²) in [6.07, 6.45) is -0.828. The van der Waals surface area contributed by atoms with Crippen molar-refractivity contribution in [3.63, 3.8) is 0 Å². The number of alkyl halides is 3.